The Morgan fingerprint density at radius 3 is 2.03 bits per heavy atom. The zero-order chi connectivity index (χ0) is 20.1. The average molecular weight is 467 g/mol. The molecule has 170 valence electrons. The Hall–Kier alpha value is -1.33. The van der Waals surface area contributed by atoms with E-state index in [2.05, 4.69) is 47.9 Å². The summed E-state index contributed by atoms with van der Waals surface area (Å²) < 4.78 is 19.9. The van der Waals surface area contributed by atoms with Crippen LogP contribution in [0, 0.1) is 5.82 Å². The lowest BCUT2D eigenvalue weighted by molar-refractivity contribution is -0.149. The summed E-state index contributed by atoms with van der Waals surface area (Å²) in [5.41, 5.74) is 3.64. The van der Waals surface area contributed by atoms with Crippen molar-refractivity contribution >= 4 is 30.5 Å². The van der Waals surface area contributed by atoms with Gasteiger partial charge in [0, 0.05) is 37.9 Å². The predicted molar refractivity (Wildman–Crippen MR) is 129 cm³/mol. The molecular weight excluding hydrogens is 434 g/mol. The van der Waals surface area contributed by atoms with E-state index in [0.29, 0.717) is 6.04 Å². The van der Waals surface area contributed by atoms with Gasteiger partial charge in [0.2, 0.25) is 0 Å². The molecule has 0 aromatic heterocycles. The fraction of sp³-hybridized carbons (Fsp3) is 0.520. The number of fused-ring (bicyclic) bond motifs is 2. The molecule has 2 heterocycles. The standard InChI is InChI=1S/C25H31FN2O.2ClH/c1-24(2)22-5-3-4-6-23(22)25(29-24)13-11-21(12-14-25)28-17-15-27(16-18-28)20-9-7-19(26)8-10-20;;/h3-10,21H,11-18H2,1-2H3;2*1H. The van der Waals surface area contributed by atoms with Crippen LogP contribution in [-0.4, -0.2) is 37.1 Å². The van der Waals surface area contributed by atoms with Gasteiger partial charge in [-0.15, -0.1) is 24.8 Å². The normalized spacial score (nSPS) is 27.3. The molecule has 0 bridgehead atoms. The first-order valence-corrected chi connectivity index (χ1v) is 11.0. The van der Waals surface area contributed by atoms with Gasteiger partial charge in [0.05, 0.1) is 11.2 Å². The molecule has 3 aliphatic rings. The molecule has 0 amide bonds. The van der Waals surface area contributed by atoms with Crippen LogP contribution in [0.15, 0.2) is 48.5 Å². The maximum Gasteiger partial charge on any atom is 0.123 e. The molecule has 0 unspecified atom stereocenters. The third kappa shape index (κ3) is 4.45. The summed E-state index contributed by atoms with van der Waals surface area (Å²) in [5.74, 6) is -0.164. The fourth-order valence-corrected chi connectivity index (χ4v) is 5.81. The van der Waals surface area contributed by atoms with Gasteiger partial charge in [-0.25, -0.2) is 4.39 Å². The van der Waals surface area contributed by atoms with Gasteiger partial charge in [0.25, 0.3) is 0 Å². The highest BCUT2D eigenvalue weighted by Crippen LogP contribution is 2.53. The third-order valence-corrected chi connectivity index (χ3v) is 7.30. The number of hydrogen-bond acceptors (Lipinski definition) is 3. The SMILES string of the molecule is CC1(C)OC2(CCC(N3CCN(c4ccc(F)cc4)CC3)CC2)c2ccccc21.Cl.Cl. The van der Waals surface area contributed by atoms with Crippen LogP contribution in [0.25, 0.3) is 0 Å². The molecule has 2 fully saturated rings. The summed E-state index contributed by atoms with van der Waals surface area (Å²) in [7, 11) is 0. The first-order valence-electron chi connectivity index (χ1n) is 11.0. The predicted octanol–water partition coefficient (Wildman–Crippen LogP) is 5.89. The molecule has 0 N–H and O–H groups in total. The molecule has 2 aliphatic heterocycles. The van der Waals surface area contributed by atoms with Crippen molar-refractivity contribution < 1.29 is 9.13 Å². The van der Waals surface area contributed by atoms with Gasteiger partial charge in [0.15, 0.2) is 0 Å². The molecule has 0 radical (unpaired) electrons. The van der Waals surface area contributed by atoms with E-state index in [9.17, 15) is 4.39 Å². The first kappa shape index (κ1) is 24.3. The minimum atomic E-state index is -0.190. The number of hydrogen-bond donors (Lipinski definition) is 0. The number of piperazine rings is 1. The van der Waals surface area contributed by atoms with Crippen LogP contribution >= 0.6 is 24.8 Å². The summed E-state index contributed by atoms with van der Waals surface area (Å²) in [4.78, 5) is 5.04. The average Bonchev–Trinajstić information content (AvgIpc) is 2.96. The Morgan fingerprint density at radius 1 is 0.839 bits per heavy atom. The van der Waals surface area contributed by atoms with Gasteiger partial charge in [0.1, 0.15) is 5.82 Å². The summed E-state index contributed by atoms with van der Waals surface area (Å²) in [6, 6.07) is 16.4. The van der Waals surface area contributed by atoms with E-state index in [4.69, 9.17) is 4.74 Å². The zero-order valence-corrected chi connectivity index (χ0v) is 20.0. The smallest absolute Gasteiger partial charge is 0.123 e. The van der Waals surface area contributed by atoms with E-state index >= 15 is 0 Å². The molecular formula is C25H33Cl2FN2O. The summed E-state index contributed by atoms with van der Waals surface area (Å²) in [5, 5.41) is 0. The van der Waals surface area contributed by atoms with Crippen LogP contribution in [-0.2, 0) is 15.9 Å². The summed E-state index contributed by atoms with van der Waals surface area (Å²) >= 11 is 0. The second kappa shape index (κ2) is 9.27. The molecule has 31 heavy (non-hydrogen) atoms. The Balaban J connectivity index is 0.00000136. The minimum absolute atomic E-state index is 0. The maximum absolute atomic E-state index is 13.2. The molecule has 2 aromatic carbocycles. The number of halogens is 3. The van der Waals surface area contributed by atoms with Crippen LogP contribution < -0.4 is 4.90 Å². The number of nitrogens with zero attached hydrogens (tertiary/aromatic N) is 2. The monoisotopic (exact) mass is 466 g/mol. The Labute approximate surface area is 197 Å². The first-order chi connectivity index (χ1) is 14.0. The highest BCUT2D eigenvalue weighted by atomic mass is 35.5. The van der Waals surface area contributed by atoms with Gasteiger partial charge in [-0.05, 0) is 74.9 Å². The zero-order valence-electron chi connectivity index (χ0n) is 18.4. The summed E-state index contributed by atoms with van der Waals surface area (Å²) in [6.07, 6.45) is 4.61. The molecule has 1 aliphatic carbocycles. The van der Waals surface area contributed by atoms with Crippen molar-refractivity contribution in [2.45, 2.75) is 56.8 Å². The number of anilines is 1. The van der Waals surface area contributed by atoms with Gasteiger partial charge in [-0.2, -0.15) is 0 Å². The number of rotatable bonds is 2. The Morgan fingerprint density at radius 2 is 1.42 bits per heavy atom. The molecule has 3 nitrogen and oxygen atoms in total. The second-order valence-electron chi connectivity index (χ2n) is 9.38. The highest BCUT2D eigenvalue weighted by Gasteiger charge is 2.50. The number of ether oxygens (including phenoxy) is 1. The van der Waals surface area contributed by atoms with E-state index < -0.39 is 0 Å². The topological polar surface area (TPSA) is 15.7 Å². The van der Waals surface area contributed by atoms with E-state index in [1.165, 1.54) is 24.0 Å². The van der Waals surface area contributed by atoms with Gasteiger partial charge < -0.3 is 9.64 Å². The maximum atomic E-state index is 13.2. The lowest BCUT2D eigenvalue weighted by atomic mass is 9.76. The van der Waals surface area contributed by atoms with Crippen LogP contribution in [0.5, 0.6) is 0 Å². The lowest BCUT2D eigenvalue weighted by Crippen LogP contribution is -2.52. The van der Waals surface area contributed by atoms with Crippen LogP contribution in [0.4, 0.5) is 10.1 Å². The summed E-state index contributed by atoms with van der Waals surface area (Å²) in [6.45, 7) is 8.61. The van der Waals surface area contributed by atoms with Gasteiger partial charge in [-0.3, -0.25) is 4.90 Å². The van der Waals surface area contributed by atoms with Crippen molar-refractivity contribution in [3.8, 4) is 0 Å². The van der Waals surface area contributed by atoms with Crippen LogP contribution in [0.1, 0.15) is 50.7 Å². The quantitative estimate of drug-likeness (QED) is 0.548. The van der Waals surface area contributed by atoms with E-state index in [1.807, 2.05) is 12.1 Å². The number of benzene rings is 2. The van der Waals surface area contributed by atoms with Crippen molar-refractivity contribution in [2.24, 2.45) is 0 Å². The lowest BCUT2D eigenvalue weighted by Gasteiger charge is -2.45. The highest BCUT2D eigenvalue weighted by molar-refractivity contribution is 5.85. The van der Waals surface area contributed by atoms with Crippen LogP contribution in [0.2, 0.25) is 0 Å². The van der Waals surface area contributed by atoms with Crippen molar-refractivity contribution in [2.75, 3.05) is 31.1 Å². The van der Waals surface area contributed by atoms with E-state index in [0.717, 1.165) is 44.7 Å². The molecule has 0 atom stereocenters. The molecule has 5 rings (SSSR count). The van der Waals surface area contributed by atoms with Crippen LogP contribution in [0.3, 0.4) is 0 Å². The fourth-order valence-electron chi connectivity index (χ4n) is 5.81. The Kier molecular flexibility index (Phi) is 7.27. The minimum Gasteiger partial charge on any atom is -0.369 e. The van der Waals surface area contributed by atoms with Crippen molar-refractivity contribution in [3.63, 3.8) is 0 Å². The van der Waals surface area contributed by atoms with Gasteiger partial charge in [-0.1, -0.05) is 24.3 Å². The second-order valence-corrected chi connectivity index (χ2v) is 9.38. The van der Waals surface area contributed by atoms with Crippen molar-refractivity contribution in [3.05, 3.63) is 65.5 Å². The van der Waals surface area contributed by atoms with Crippen molar-refractivity contribution in [1.82, 2.24) is 4.90 Å². The Bertz CT molecular complexity index is 873. The molecule has 1 saturated carbocycles. The van der Waals surface area contributed by atoms with E-state index in [1.54, 1.807) is 12.1 Å². The van der Waals surface area contributed by atoms with E-state index in [-0.39, 0.29) is 41.8 Å². The molecule has 1 saturated heterocycles. The van der Waals surface area contributed by atoms with Crippen molar-refractivity contribution in [1.29, 1.82) is 0 Å². The largest absolute Gasteiger partial charge is 0.369 e. The molecule has 1 spiro atoms. The van der Waals surface area contributed by atoms with Gasteiger partial charge >= 0.3 is 0 Å². The molecule has 2 aromatic rings. The third-order valence-electron chi connectivity index (χ3n) is 7.30. The molecule has 6 heteroatoms.